The van der Waals surface area contributed by atoms with Gasteiger partial charge in [0.1, 0.15) is 0 Å². The first kappa shape index (κ1) is 17.3. The number of likely N-dealkylation sites (tertiary alicyclic amines) is 1. The Hall–Kier alpha value is -2.13. The molecular formula is C23H27NO2. The SMILES string of the molecule is O=C(O)C1CCCN(CCC2c3ccccc3CCc3ccccc32)C1. The fourth-order valence-electron chi connectivity index (χ4n) is 4.72. The number of hydrogen-bond acceptors (Lipinski definition) is 2. The van der Waals surface area contributed by atoms with Crippen LogP contribution in [0.3, 0.4) is 0 Å². The maximum absolute atomic E-state index is 11.4. The van der Waals surface area contributed by atoms with Crippen LogP contribution in [0.1, 0.15) is 47.4 Å². The summed E-state index contributed by atoms with van der Waals surface area (Å²) in [5, 5.41) is 9.34. The minimum Gasteiger partial charge on any atom is -0.481 e. The Morgan fingerprint density at radius 1 is 1.00 bits per heavy atom. The van der Waals surface area contributed by atoms with Crippen molar-refractivity contribution in [3.05, 3.63) is 70.8 Å². The molecule has 2 aromatic rings. The van der Waals surface area contributed by atoms with Crippen molar-refractivity contribution in [1.82, 2.24) is 4.90 Å². The third kappa shape index (κ3) is 3.54. The van der Waals surface area contributed by atoms with Gasteiger partial charge in [-0.15, -0.1) is 0 Å². The Bertz CT molecular complexity index is 738. The summed E-state index contributed by atoms with van der Waals surface area (Å²) < 4.78 is 0. The molecule has 0 saturated carbocycles. The van der Waals surface area contributed by atoms with Crippen molar-refractivity contribution in [1.29, 1.82) is 0 Å². The highest BCUT2D eigenvalue weighted by molar-refractivity contribution is 5.70. The average molecular weight is 349 g/mol. The molecule has 2 aliphatic rings. The third-order valence-electron chi connectivity index (χ3n) is 6.11. The van der Waals surface area contributed by atoms with Gasteiger partial charge in [0, 0.05) is 12.5 Å². The van der Waals surface area contributed by atoms with Crippen LogP contribution in [0.15, 0.2) is 48.5 Å². The van der Waals surface area contributed by atoms with Crippen molar-refractivity contribution < 1.29 is 9.90 Å². The lowest BCUT2D eigenvalue weighted by Gasteiger charge is -2.32. The van der Waals surface area contributed by atoms with Crippen LogP contribution < -0.4 is 0 Å². The second-order valence-electron chi connectivity index (χ2n) is 7.72. The summed E-state index contributed by atoms with van der Waals surface area (Å²) in [5.41, 5.74) is 5.86. The number of aryl methyl sites for hydroxylation is 2. The Morgan fingerprint density at radius 2 is 1.62 bits per heavy atom. The van der Waals surface area contributed by atoms with E-state index in [9.17, 15) is 9.90 Å². The lowest BCUT2D eigenvalue weighted by Crippen LogP contribution is -2.39. The van der Waals surface area contributed by atoms with E-state index >= 15 is 0 Å². The number of piperidine rings is 1. The number of carboxylic acids is 1. The van der Waals surface area contributed by atoms with Crippen molar-refractivity contribution in [2.24, 2.45) is 5.92 Å². The van der Waals surface area contributed by atoms with E-state index in [0.29, 0.717) is 12.5 Å². The van der Waals surface area contributed by atoms with Gasteiger partial charge in [0.25, 0.3) is 0 Å². The van der Waals surface area contributed by atoms with E-state index < -0.39 is 5.97 Å². The molecule has 1 aliphatic carbocycles. The number of nitrogens with zero attached hydrogens (tertiary/aromatic N) is 1. The molecular weight excluding hydrogens is 322 g/mol. The molecule has 1 aliphatic heterocycles. The van der Waals surface area contributed by atoms with Crippen molar-refractivity contribution >= 4 is 5.97 Å². The molecule has 2 aromatic carbocycles. The number of hydrogen-bond donors (Lipinski definition) is 1. The largest absolute Gasteiger partial charge is 0.481 e. The summed E-state index contributed by atoms with van der Waals surface area (Å²) in [6.45, 7) is 2.70. The highest BCUT2D eigenvalue weighted by atomic mass is 16.4. The van der Waals surface area contributed by atoms with Crippen LogP contribution in [0.25, 0.3) is 0 Å². The highest BCUT2D eigenvalue weighted by Gasteiger charge is 2.27. The van der Waals surface area contributed by atoms with Gasteiger partial charge in [-0.25, -0.2) is 0 Å². The molecule has 0 aromatic heterocycles. The smallest absolute Gasteiger partial charge is 0.307 e. The van der Waals surface area contributed by atoms with E-state index in [2.05, 4.69) is 53.4 Å². The average Bonchev–Trinajstić information content (AvgIpc) is 2.83. The first-order valence-electron chi connectivity index (χ1n) is 9.83. The van der Waals surface area contributed by atoms with Crippen LogP contribution in [0, 0.1) is 5.92 Å². The quantitative estimate of drug-likeness (QED) is 0.903. The fraction of sp³-hybridized carbons (Fsp3) is 0.435. The zero-order valence-corrected chi connectivity index (χ0v) is 15.2. The maximum Gasteiger partial charge on any atom is 0.307 e. The molecule has 26 heavy (non-hydrogen) atoms. The molecule has 1 unspecified atom stereocenters. The van der Waals surface area contributed by atoms with Crippen LogP contribution in [-0.2, 0) is 17.6 Å². The summed E-state index contributed by atoms with van der Waals surface area (Å²) in [6.07, 6.45) is 5.08. The molecule has 1 heterocycles. The van der Waals surface area contributed by atoms with Gasteiger partial charge in [-0.2, -0.15) is 0 Å². The molecule has 0 amide bonds. The zero-order chi connectivity index (χ0) is 17.9. The number of fused-ring (bicyclic) bond motifs is 2. The number of rotatable bonds is 4. The third-order valence-corrected chi connectivity index (χ3v) is 6.11. The van der Waals surface area contributed by atoms with Crippen molar-refractivity contribution in [3.63, 3.8) is 0 Å². The van der Waals surface area contributed by atoms with Gasteiger partial charge in [0.15, 0.2) is 0 Å². The van der Waals surface area contributed by atoms with Gasteiger partial charge in [-0.1, -0.05) is 48.5 Å². The van der Waals surface area contributed by atoms with Crippen molar-refractivity contribution in [3.8, 4) is 0 Å². The first-order chi connectivity index (χ1) is 12.7. The Kier molecular flexibility index (Phi) is 5.07. The second kappa shape index (κ2) is 7.63. The first-order valence-corrected chi connectivity index (χ1v) is 9.83. The number of carboxylic acid groups (broad SMARTS) is 1. The lowest BCUT2D eigenvalue weighted by atomic mass is 9.85. The monoisotopic (exact) mass is 349 g/mol. The molecule has 1 atom stereocenters. The topological polar surface area (TPSA) is 40.5 Å². The Morgan fingerprint density at radius 3 is 2.23 bits per heavy atom. The van der Waals surface area contributed by atoms with Crippen LogP contribution in [0.2, 0.25) is 0 Å². The Balaban J connectivity index is 1.56. The van der Waals surface area contributed by atoms with Crippen LogP contribution >= 0.6 is 0 Å². The summed E-state index contributed by atoms with van der Waals surface area (Å²) in [4.78, 5) is 13.7. The molecule has 0 radical (unpaired) electrons. The molecule has 1 saturated heterocycles. The molecule has 3 nitrogen and oxygen atoms in total. The van der Waals surface area contributed by atoms with Crippen LogP contribution in [0.5, 0.6) is 0 Å². The standard InChI is InChI=1S/C23H27NO2/c25-23(26)19-8-5-14-24(16-19)15-13-22-20-9-3-1-6-17(20)11-12-18-7-2-4-10-21(18)22/h1-4,6-7,9-10,19,22H,5,8,11-16H2,(H,25,26). The van der Waals surface area contributed by atoms with Gasteiger partial charge >= 0.3 is 5.97 Å². The number of aliphatic carboxylic acids is 1. The molecule has 4 rings (SSSR count). The second-order valence-corrected chi connectivity index (χ2v) is 7.72. The minimum absolute atomic E-state index is 0.197. The van der Waals surface area contributed by atoms with Gasteiger partial charge in [0.05, 0.1) is 5.92 Å². The van der Waals surface area contributed by atoms with Crippen molar-refractivity contribution in [2.45, 2.75) is 38.0 Å². The summed E-state index contributed by atoms with van der Waals surface area (Å²) in [5.74, 6) is -0.424. The number of benzene rings is 2. The fourth-order valence-corrected chi connectivity index (χ4v) is 4.72. The molecule has 3 heteroatoms. The summed E-state index contributed by atoms with van der Waals surface area (Å²) in [6, 6.07) is 17.7. The van der Waals surface area contributed by atoms with E-state index in [1.807, 2.05) is 0 Å². The normalized spacial score (nSPS) is 20.8. The molecule has 1 fully saturated rings. The predicted molar refractivity (Wildman–Crippen MR) is 104 cm³/mol. The van der Waals surface area contributed by atoms with E-state index in [1.54, 1.807) is 0 Å². The molecule has 0 bridgehead atoms. The highest BCUT2D eigenvalue weighted by Crippen LogP contribution is 2.36. The van der Waals surface area contributed by atoms with E-state index in [-0.39, 0.29) is 5.92 Å². The molecule has 1 N–H and O–H groups in total. The molecule has 136 valence electrons. The van der Waals surface area contributed by atoms with E-state index in [0.717, 1.165) is 45.2 Å². The van der Waals surface area contributed by atoms with Crippen LogP contribution in [0.4, 0.5) is 0 Å². The van der Waals surface area contributed by atoms with Gasteiger partial charge in [0.2, 0.25) is 0 Å². The van der Waals surface area contributed by atoms with Gasteiger partial charge < -0.3 is 10.0 Å². The molecule has 0 spiro atoms. The maximum atomic E-state index is 11.4. The van der Waals surface area contributed by atoms with E-state index in [4.69, 9.17) is 0 Å². The van der Waals surface area contributed by atoms with Gasteiger partial charge in [-0.05, 0) is 67.4 Å². The van der Waals surface area contributed by atoms with E-state index in [1.165, 1.54) is 22.3 Å². The summed E-state index contributed by atoms with van der Waals surface area (Å²) >= 11 is 0. The summed E-state index contributed by atoms with van der Waals surface area (Å²) in [7, 11) is 0. The van der Waals surface area contributed by atoms with Crippen molar-refractivity contribution in [2.75, 3.05) is 19.6 Å². The van der Waals surface area contributed by atoms with Gasteiger partial charge in [-0.3, -0.25) is 4.79 Å². The minimum atomic E-state index is -0.639. The van der Waals surface area contributed by atoms with Crippen LogP contribution in [-0.4, -0.2) is 35.6 Å². The lowest BCUT2D eigenvalue weighted by molar-refractivity contribution is -0.143. The number of carbonyl (C=O) groups is 1. The zero-order valence-electron chi connectivity index (χ0n) is 15.2. The predicted octanol–water partition coefficient (Wildman–Crippen LogP) is 4.10. The Labute approximate surface area is 155 Å².